The molecule has 0 heterocycles. The van der Waals surface area contributed by atoms with Crippen LogP contribution < -0.4 is 10.1 Å². The summed E-state index contributed by atoms with van der Waals surface area (Å²) in [6.45, 7) is 6.80. The molecule has 0 unspecified atom stereocenters. The first-order valence-electron chi connectivity index (χ1n) is 9.74. The van der Waals surface area contributed by atoms with E-state index in [9.17, 15) is 9.59 Å². The maximum atomic E-state index is 13.2. The fourth-order valence-corrected chi connectivity index (χ4v) is 3.20. The third-order valence-electron chi connectivity index (χ3n) is 4.85. The van der Waals surface area contributed by atoms with Crippen molar-refractivity contribution < 1.29 is 14.3 Å². The molecular formula is C23H30N2O3. The quantitative estimate of drug-likeness (QED) is 0.722. The van der Waals surface area contributed by atoms with Gasteiger partial charge in [0.1, 0.15) is 11.8 Å². The molecule has 1 N–H and O–H groups in total. The second kappa shape index (κ2) is 10.5. The number of likely N-dealkylation sites (N-methyl/N-ethyl adjacent to an activating group) is 1. The van der Waals surface area contributed by atoms with Crippen LogP contribution in [0.5, 0.6) is 5.75 Å². The Balaban J connectivity index is 2.28. The van der Waals surface area contributed by atoms with Gasteiger partial charge >= 0.3 is 0 Å². The Morgan fingerprint density at radius 1 is 1.07 bits per heavy atom. The Morgan fingerprint density at radius 3 is 2.32 bits per heavy atom. The Kier molecular flexibility index (Phi) is 8.05. The number of aryl methyl sites for hydroxylation is 1. The number of rotatable bonds is 9. The smallest absolute Gasteiger partial charge is 0.242 e. The van der Waals surface area contributed by atoms with E-state index in [1.807, 2.05) is 69.3 Å². The van der Waals surface area contributed by atoms with Gasteiger partial charge in [-0.2, -0.15) is 0 Å². The van der Waals surface area contributed by atoms with Crippen LogP contribution >= 0.6 is 0 Å². The van der Waals surface area contributed by atoms with E-state index in [0.717, 1.165) is 22.4 Å². The zero-order valence-electron chi connectivity index (χ0n) is 17.2. The fourth-order valence-electron chi connectivity index (χ4n) is 3.20. The van der Waals surface area contributed by atoms with Crippen molar-refractivity contribution in [3.63, 3.8) is 0 Å². The minimum absolute atomic E-state index is 0.0634. The number of hydrogen-bond donors (Lipinski definition) is 1. The van der Waals surface area contributed by atoms with Gasteiger partial charge in [0, 0.05) is 13.1 Å². The summed E-state index contributed by atoms with van der Waals surface area (Å²) < 4.78 is 5.18. The van der Waals surface area contributed by atoms with E-state index in [4.69, 9.17) is 4.74 Å². The van der Waals surface area contributed by atoms with E-state index < -0.39 is 6.04 Å². The van der Waals surface area contributed by atoms with Crippen LogP contribution in [-0.2, 0) is 22.6 Å². The van der Waals surface area contributed by atoms with Gasteiger partial charge in [-0.25, -0.2) is 0 Å². The topological polar surface area (TPSA) is 58.6 Å². The molecule has 0 aliphatic rings. The number of methoxy groups -OCH3 is 1. The summed E-state index contributed by atoms with van der Waals surface area (Å²) in [5.41, 5.74) is 3.05. The van der Waals surface area contributed by atoms with Crippen molar-refractivity contribution in [2.24, 2.45) is 0 Å². The van der Waals surface area contributed by atoms with E-state index in [2.05, 4.69) is 5.32 Å². The summed E-state index contributed by atoms with van der Waals surface area (Å²) in [5, 5.41) is 2.86. The molecule has 0 bridgehead atoms. The zero-order chi connectivity index (χ0) is 20.5. The molecule has 2 amide bonds. The van der Waals surface area contributed by atoms with Crippen molar-refractivity contribution in [2.45, 2.75) is 46.2 Å². The minimum Gasteiger partial charge on any atom is -0.497 e. The molecule has 0 fully saturated rings. The molecule has 0 aliphatic heterocycles. The lowest BCUT2D eigenvalue weighted by atomic mass is 10.0. The van der Waals surface area contributed by atoms with Gasteiger partial charge in [0.2, 0.25) is 11.8 Å². The zero-order valence-corrected chi connectivity index (χ0v) is 17.2. The highest BCUT2D eigenvalue weighted by molar-refractivity contribution is 5.88. The Morgan fingerprint density at radius 2 is 1.75 bits per heavy atom. The van der Waals surface area contributed by atoms with Crippen LogP contribution in [0, 0.1) is 6.92 Å². The predicted molar refractivity (Wildman–Crippen MR) is 111 cm³/mol. The Bertz CT molecular complexity index is 787. The number of carbonyl (C=O) groups excluding carboxylic acids is 2. The summed E-state index contributed by atoms with van der Waals surface area (Å²) in [6, 6.07) is 14.9. The summed E-state index contributed by atoms with van der Waals surface area (Å²) in [6.07, 6.45) is 0.803. The van der Waals surface area contributed by atoms with Crippen molar-refractivity contribution in [1.29, 1.82) is 0 Å². The van der Waals surface area contributed by atoms with Crippen LogP contribution in [0.2, 0.25) is 0 Å². The van der Waals surface area contributed by atoms with Gasteiger partial charge in [0.25, 0.3) is 0 Å². The summed E-state index contributed by atoms with van der Waals surface area (Å²) in [5.74, 6) is 0.579. The second-order valence-corrected chi connectivity index (χ2v) is 6.79. The van der Waals surface area contributed by atoms with Crippen LogP contribution in [-0.4, -0.2) is 36.4 Å². The van der Waals surface area contributed by atoms with Gasteiger partial charge in [-0.05, 0) is 49.1 Å². The molecule has 28 heavy (non-hydrogen) atoms. The normalized spacial score (nSPS) is 11.6. The van der Waals surface area contributed by atoms with Crippen molar-refractivity contribution >= 4 is 11.8 Å². The first kappa shape index (κ1) is 21.5. The van der Waals surface area contributed by atoms with Crippen molar-refractivity contribution in [3.05, 3.63) is 65.2 Å². The molecule has 0 aliphatic carbocycles. The van der Waals surface area contributed by atoms with E-state index in [-0.39, 0.29) is 18.2 Å². The average molecular weight is 383 g/mol. The third-order valence-corrected chi connectivity index (χ3v) is 4.85. The predicted octanol–water partition coefficient (Wildman–Crippen LogP) is 3.49. The van der Waals surface area contributed by atoms with Gasteiger partial charge in [-0.1, -0.05) is 43.3 Å². The Labute approximate surface area is 167 Å². The third kappa shape index (κ3) is 5.59. The molecule has 150 valence electrons. The van der Waals surface area contributed by atoms with Gasteiger partial charge in [0.15, 0.2) is 0 Å². The highest BCUT2D eigenvalue weighted by atomic mass is 16.5. The standard InChI is InChI=1S/C23H30N2O3/c1-5-21(23(27)24-6-2)25(16-19-10-8-7-9-17(19)3)22(26)15-18-11-13-20(28-4)14-12-18/h7-14,21H,5-6,15-16H2,1-4H3,(H,24,27)/t21-/m1/s1. The molecule has 0 spiro atoms. The minimum atomic E-state index is -0.495. The lowest BCUT2D eigenvalue weighted by Gasteiger charge is -2.31. The molecule has 0 saturated heterocycles. The highest BCUT2D eigenvalue weighted by Gasteiger charge is 2.28. The van der Waals surface area contributed by atoms with Crippen LogP contribution in [0.4, 0.5) is 0 Å². The lowest BCUT2D eigenvalue weighted by molar-refractivity contribution is -0.140. The number of benzene rings is 2. The van der Waals surface area contributed by atoms with E-state index in [1.54, 1.807) is 12.0 Å². The average Bonchev–Trinajstić information content (AvgIpc) is 2.70. The summed E-state index contributed by atoms with van der Waals surface area (Å²) in [4.78, 5) is 27.5. The van der Waals surface area contributed by atoms with Crippen molar-refractivity contribution in [1.82, 2.24) is 10.2 Å². The largest absolute Gasteiger partial charge is 0.497 e. The SMILES string of the molecule is CCNC(=O)[C@@H](CC)N(Cc1ccccc1C)C(=O)Cc1ccc(OC)cc1. The van der Waals surface area contributed by atoms with Gasteiger partial charge in [-0.15, -0.1) is 0 Å². The molecule has 0 aromatic heterocycles. The van der Waals surface area contributed by atoms with Crippen LogP contribution in [0.25, 0.3) is 0 Å². The fraction of sp³-hybridized carbons (Fsp3) is 0.391. The van der Waals surface area contributed by atoms with E-state index in [0.29, 0.717) is 19.5 Å². The van der Waals surface area contributed by atoms with Gasteiger partial charge < -0.3 is 15.0 Å². The molecule has 2 rings (SSSR count). The molecule has 5 nitrogen and oxygen atoms in total. The maximum absolute atomic E-state index is 13.2. The van der Waals surface area contributed by atoms with Crippen LogP contribution in [0.3, 0.4) is 0 Å². The number of carbonyl (C=O) groups is 2. The number of amides is 2. The molecular weight excluding hydrogens is 352 g/mol. The molecule has 5 heteroatoms. The lowest BCUT2D eigenvalue weighted by Crippen LogP contribution is -2.49. The maximum Gasteiger partial charge on any atom is 0.242 e. The second-order valence-electron chi connectivity index (χ2n) is 6.79. The van der Waals surface area contributed by atoms with E-state index >= 15 is 0 Å². The Hall–Kier alpha value is -2.82. The first-order valence-corrected chi connectivity index (χ1v) is 9.74. The highest BCUT2D eigenvalue weighted by Crippen LogP contribution is 2.18. The van der Waals surface area contributed by atoms with Crippen molar-refractivity contribution in [2.75, 3.05) is 13.7 Å². The van der Waals surface area contributed by atoms with Gasteiger partial charge in [0.05, 0.1) is 13.5 Å². The number of nitrogens with one attached hydrogen (secondary N) is 1. The monoisotopic (exact) mass is 382 g/mol. The van der Waals surface area contributed by atoms with Crippen molar-refractivity contribution in [3.8, 4) is 5.75 Å². The molecule has 0 radical (unpaired) electrons. The van der Waals surface area contributed by atoms with E-state index in [1.165, 1.54) is 0 Å². The van der Waals surface area contributed by atoms with Crippen LogP contribution in [0.15, 0.2) is 48.5 Å². The first-order chi connectivity index (χ1) is 13.5. The summed E-state index contributed by atoms with van der Waals surface area (Å²) in [7, 11) is 1.61. The molecule has 0 saturated carbocycles. The number of hydrogen-bond acceptors (Lipinski definition) is 3. The molecule has 2 aromatic carbocycles. The number of nitrogens with zero attached hydrogens (tertiary/aromatic N) is 1. The molecule has 2 aromatic rings. The number of ether oxygens (including phenoxy) is 1. The van der Waals surface area contributed by atoms with Gasteiger partial charge in [-0.3, -0.25) is 9.59 Å². The molecule has 1 atom stereocenters. The van der Waals surface area contributed by atoms with Crippen LogP contribution in [0.1, 0.15) is 37.0 Å². The summed E-state index contributed by atoms with van der Waals surface area (Å²) >= 11 is 0.